The molecule has 0 unspecified atom stereocenters. The molecule has 0 atom stereocenters. The van der Waals surface area contributed by atoms with E-state index in [1.54, 1.807) is 0 Å². The highest BCUT2D eigenvalue weighted by Gasteiger charge is 2.44. The Morgan fingerprint density at radius 1 is 0.818 bits per heavy atom. The van der Waals surface area contributed by atoms with E-state index >= 15 is 0 Å². The third kappa shape index (κ3) is 2.21. The van der Waals surface area contributed by atoms with Crippen LogP contribution >= 0.6 is 0 Å². The maximum absolute atomic E-state index is 2.66. The topological polar surface area (TPSA) is 6.48 Å². The smallest absolute Gasteiger partial charge is 0.0532 e. The number of anilines is 1. The van der Waals surface area contributed by atoms with Gasteiger partial charge in [0, 0.05) is 17.6 Å². The van der Waals surface area contributed by atoms with Gasteiger partial charge >= 0.3 is 0 Å². The van der Waals surface area contributed by atoms with E-state index in [1.807, 2.05) is 0 Å². The van der Waals surface area contributed by atoms with Gasteiger partial charge in [-0.3, -0.25) is 0 Å². The molecular weight excluding hydrogens is 268 g/mol. The van der Waals surface area contributed by atoms with Crippen molar-refractivity contribution < 1.29 is 0 Å². The Bertz CT molecular complexity index is 677. The largest absolute Gasteiger partial charge is 0.302 e. The Morgan fingerprint density at radius 3 is 2.14 bits per heavy atom. The molecule has 1 aliphatic carbocycles. The molecule has 2 aliphatic heterocycles. The third-order valence-corrected chi connectivity index (χ3v) is 5.27. The van der Waals surface area contributed by atoms with Crippen molar-refractivity contribution in [1.82, 2.24) is 5.01 Å². The molecule has 2 aromatic carbocycles. The van der Waals surface area contributed by atoms with Gasteiger partial charge in [0.05, 0.1) is 5.69 Å². The first-order valence-electron chi connectivity index (χ1n) is 8.61. The zero-order valence-corrected chi connectivity index (χ0v) is 13.9. The summed E-state index contributed by atoms with van der Waals surface area (Å²) in [5.41, 5.74) is 1.54. The van der Waals surface area contributed by atoms with Gasteiger partial charge in [0.1, 0.15) is 0 Å². The van der Waals surface area contributed by atoms with Crippen LogP contribution in [0.4, 0.5) is 5.69 Å². The molecule has 0 amide bonds. The van der Waals surface area contributed by atoms with Gasteiger partial charge in [0.15, 0.2) is 0 Å². The maximum atomic E-state index is 2.66. The fourth-order valence-electron chi connectivity index (χ4n) is 4.42. The van der Waals surface area contributed by atoms with Crippen molar-refractivity contribution in [3.05, 3.63) is 42.5 Å². The summed E-state index contributed by atoms with van der Waals surface area (Å²) < 4.78 is 0. The predicted molar refractivity (Wildman–Crippen MR) is 94.1 cm³/mol. The molecule has 1 saturated carbocycles. The van der Waals surface area contributed by atoms with Crippen LogP contribution in [0.2, 0.25) is 0 Å². The normalized spacial score (nSPS) is 25.9. The highest BCUT2D eigenvalue weighted by Crippen LogP contribution is 2.42. The number of rotatable bonds is 1. The van der Waals surface area contributed by atoms with Crippen LogP contribution in [0, 0.1) is 0 Å². The van der Waals surface area contributed by atoms with Crippen molar-refractivity contribution >= 4 is 16.5 Å². The Hall–Kier alpha value is -1.54. The van der Waals surface area contributed by atoms with Crippen molar-refractivity contribution in [1.29, 1.82) is 0 Å². The van der Waals surface area contributed by atoms with Crippen LogP contribution in [0.25, 0.3) is 10.8 Å². The second-order valence-corrected chi connectivity index (χ2v) is 7.85. The number of fused-ring (bicyclic) bond motifs is 4. The Balaban J connectivity index is 1.80. The van der Waals surface area contributed by atoms with Crippen LogP contribution in [0.3, 0.4) is 0 Å². The number of benzene rings is 2. The van der Waals surface area contributed by atoms with Crippen LogP contribution < -0.4 is 5.01 Å². The monoisotopic (exact) mass is 294 g/mol. The summed E-state index contributed by atoms with van der Waals surface area (Å²) in [5.74, 6) is 0. The quantitative estimate of drug-likeness (QED) is 0.731. The van der Waals surface area contributed by atoms with E-state index in [4.69, 9.17) is 0 Å². The molecule has 116 valence electrons. The lowest BCUT2D eigenvalue weighted by molar-refractivity contribution is -0.0143. The Morgan fingerprint density at radius 2 is 1.45 bits per heavy atom. The summed E-state index contributed by atoms with van der Waals surface area (Å²) in [7, 11) is 0. The number of hydrogen-bond acceptors (Lipinski definition) is 2. The molecule has 2 nitrogen and oxygen atoms in total. The van der Waals surface area contributed by atoms with Gasteiger partial charge in [-0.25, -0.2) is 5.01 Å². The van der Waals surface area contributed by atoms with Crippen molar-refractivity contribution in [2.75, 3.05) is 5.01 Å². The van der Waals surface area contributed by atoms with Crippen LogP contribution in [0.5, 0.6) is 0 Å². The molecular formula is C20H26N2. The van der Waals surface area contributed by atoms with Gasteiger partial charge in [-0.1, -0.05) is 30.3 Å². The van der Waals surface area contributed by atoms with Crippen molar-refractivity contribution in [2.24, 2.45) is 0 Å². The van der Waals surface area contributed by atoms with Gasteiger partial charge in [0.25, 0.3) is 0 Å². The second-order valence-electron chi connectivity index (χ2n) is 7.85. The van der Waals surface area contributed by atoms with Gasteiger partial charge < -0.3 is 5.01 Å². The first kappa shape index (κ1) is 14.1. The molecule has 2 saturated heterocycles. The molecule has 3 aliphatic rings. The van der Waals surface area contributed by atoms with E-state index in [-0.39, 0.29) is 5.54 Å². The Kier molecular flexibility index (Phi) is 3.19. The molecule has 22 heavy (non-hydrogen) atoms. The average molecular weight is 294 g/mol. The maximum Gasteiger partial charge on any atom is 0.0532 e. The van der Waals surface area contributed by atoms with Crippen LogP contribution in [-0.2, 0) is 0 Å². The van der Waals surface area contributed by atoms with Gasteiger partial charge in [-0.15, -0.1) is 0 Å². The van der Waals surface area contributed by atoms with Crippen LogP contribution in [0.15, 0.2) is 42.5 Å². The molecule has 2 heterocycles. The summed E-state index contributed by atoms with van der Waals surface area (Å²) in [6, 6.07) is 17.0. The van der Waals surface area contributed by atoms with Gasteiger partial charge in [-0.05, 0) is 69.4 Å². The van der Waals surface area contributed by atoms with Crippen LogP contribution in [0.1, 0.15) is 46.5 Å². The van der Waals surface area contributed by atoms with Crippen LogP contribution in [-0.4, -0.2) is 22.6 Å². The highest BCUT2D eigenvalue weighted by atomic mass is 15.7. The molecule has 2 bridgehead atoms. The minimum absolute atomic E-state index is 0.176. The SMILES string of the molecule is CC(C)(C)N1C2CCC(CC2)N1c1ccc2ccccc2c1. The number of hydrogen-bond donors (Lipinski definition) is 0. The first-order chi connectivity index (χ1) is 10.5. The highest BCUT2D eigenvalue weighted by molar-refractivity contribution is 5.85. The lowest BCUT2D eigenvalue weighted by Crippen LogP contribution is -2.67. The molecule has 3 fully saturated rings. The minimum atomic E-state index is 0.176. The number of nitrogens with zero attached hydrogens (tertiary/aromatic N) is 2. The summed E-state index contributed by atoms with van der Waals surface area (Å²) in [6.07, 6.45) is 5.38. The molecule has 0 N–H and O–H groups in total. The molecule has 0 radical (unpaired) electrons. The fraction of sp³-hybridized carbons (Fsp3) is 0.500. The van der Waals surface area contributed by atoms with E-state index in [1.165, 1.54) is 42.1 Å². The Labute approximate surface area is 133 Å². The van der Waals surface area contributed by atoms with E-state index in [0.29, 0.717) is 12.1 Å². The summed E-state index contributed by atoms with van der Waals surface area (Å²) in [5, 5.41) is 7.95. The lowest BCUT2D eigenvalue weighted by Gasteiger charge is -2.59. The fourth-order valence-corrected chi connectivity index (χ4v) is 4.42. The molecule has 2 aromatic rings. The summed E-state index contributed by atoms with van der Waals surface area (Å²) >= 11 is 0. The first-order valence-corrected chi connectivity index (χ1v) is 8.61. The second kappa shape index (κ2) is 4.99. The van der Waals surface area contributed by atoms with Crippen molar-refractivity contribution in [3.8, 4) is 0 Å². The standard InChI is InChI=1S/C20H26N2/c1-20(2,3)22-18-12-10-17(11-13-18)21(22)19-9-8-15-6-4-5-7-16(15)14-19/h4-9,14,17-18H,10-13H2,1-3H3. The average Bonchev–Trinajstić information content (AvgIpc) is 2.54. The molecule has 0 spiro atoms. The molecule has 5 rings (SSSR count). The number of hydrazine groups is 1. The lowest BCUT2D eigenvalue weighted by atomic mass is 9.84. The zero-order chi connectivity index (χ0) is 15.3. The molecule has 2 heteroatoms. The minimum Gasteiger partial charge on any atom is -0.302 e. The van der Waals surface area contributed by atoms with E-state index in [0.717, 1.165) is 0 Å². The van der Waals surface area contributed by atoms with Crippen molar-refractivity contribution in [3.63, 3.8) is 0 Å². The third-order valence-electron chi connectivity index (χ3n) is 5.27. The van der Waals surface area contributed by atoms with E-state index < -0.39 is 0 Å². The van der Waals surface area contributed by atoms with E-state index in [2.05, 4.69) is 73.3 Å². The predicted octanol–water partition coefficient (Wildman–Crippen LogP) is 4.99. The van der Waals surface area contributed by atoms with Gasteiger partial charge in [0.2, 0.25) is 0 Å². The molecule has 0 aromatic heterocycles. The summed E-state index contributed by atoms with van der Waals surface area (Å²) in [6.45, 7) is 7.05. The summed E-state index contributed by atoms with van der Waals surface area (Å²) in [4.78, 5) is 0. The zero-order valence-electron chi connectivity index (χ0n) is 13.9. The van der Waals surface area contributed by atoms with Gasteiger partial charge in [-0.2, -0.15) is 0 Å². The van der Waals surface area contributed by atoms with Crippen molar-refractivity contribution in [2.45, 2.75) is 64.1 Å². The van der Waals surface area contributed by atoms with E-state index in [9.17, 15) is 0 Å².